The summed E-state index contributed by atoms with van der Waals surface area (Å²) in [6.07, 6.45) is 6.45. The van der Waals surface area contributed by atoms with E-state index in [0.717, 1.165) is 6.42 Å². The first-order valence-corrected chi connectivity index (χ1v) is 6.33. The zero-order valence-corrected chi connectivity index (χ0v) is 9.76. The Morgan fingerprint density at radius 2 is 2.12 bits per heavy atom. The second-order valence-electron chi connectivity index (χ2n) is 5.82. The molecule has 1 saturated carbocycles. The molecule has 4 nitrogen and oxygen atoms in total. The predicted molar refractivity (Wildman–Crippen MR) is 58.6 cm³/mol. The highest BCUT2D eigenvalue weighted by Crippen LogP contribution is 2.53. The van der Waals surface area contributed by atoms with Crippen molar-refractivity contribution in [2.75, 3.05) is 0 Å². The number of allylic oxidation sites excluding steroid dienone is 1. The molecule has 2 aliphatic heterocycles. The summed E-state index contributed by atoms with van der Waals surface area (Å²) in [7, 11) is 0. The van der Waals surface area contributed by atoms with E-state index in [9.17, 15) is 9.59 Å². The lowest BCUT2D eigenvalue weighted by atomic mass is 9.85. The van der Waals surface area contributed by atoms with Crippen LogP contribution in [0.4, 0.5) is 0 Å². The van der Waals surface area contributed by atoms with Crippen molar-refractivity contribution in [3.05, 3.63) is 12.2 Å². The average Bonchev–Trinajstić information content (AvgIpc) is 2.92. The van der Waals surface area contributed by atoms with E-state index < -0.39 is 5.72 Å². The van der Waals surface area contributed by atoms with E-state index in [4.69, 9.17) is 4.74 Å². The van der Waals surface area contributed by atoms with E-state index in [2.05, 4.69) is 12.2 Å². The molecular weight excluding hydrogens is 218 g/mol. The van der Waals surface area contributed by atoms with Crippen LogP contribution in [0.1, 0.15) is 26.2 Å². The quantitative estimate of drug-likeness (QED) is 0.464. The minimum Gasteiger partial charge on any atom is -0.439 e. The van der Waals surface area contributed by atoms with Crippen molar-refractivity contribution < 1.29 is 14.3 Å². The first-order chi connectivity index (χ1) is 8.10. The number of ether oxygens (including phenoxy) is 1. The standard InChI is InChI=1S/C13H15NO3/c1-13-5-4-9(15)14(13)11-8-3-2-7(6-8)10(11)12(16)17-13/h2-3,7-8,10-11H,4-6H2,1H3/t7-,8+,10-,11+,13+/m0/s1. The monoisotopic (exact) mass is 233 g/mol. The molecule has 0 N–H and O–H groups in total. The van der Waals surface area contributed by atoms with Crippen LogP contribution in [0.15, 0.2) is 12.2 Å². The van der Waals surface area contributed by atoms with Crippen LogP contribution in [-0.4, -0.2) is 28.5 Å². The number of rotatable bonds is 0. The minimum atomic E-state index is -0.673. The number of carbonyl (C=O) groups excluding carboxylic acids is 2. The van der Waals surface area contributed by atoms with Gasteiger partial charge < -0.3 is 9.64 Å². The average molecular weight is 233 g/mol. The molecule has 2 heterocycles. The number of carbonyl (C=O) groups is 2. The van der Waals surface area contributed by atoms with Gasteiger partial charge in [0.1, 0.15) is 0 Å². The molecule has 3 fully saturated rings. The molecule has 0 radical (unpaired) electrons. The fraction of sp³-hybridized carbons (Fsp3) is 0.692. The van der Waals surface area contributed by atoms with Gasteiger partial charge in [0.2, 0.25) is 5.91 Å². The number of hydrogen-bond acceptors (Lipinski definition) is 3. The maximum atomic E-state index is 12.1. The highest BCUT2D eigenvalue weighted by molar-refractivity contribution is 5.85. The zero-order valence-electron chi connectivity index (χ0n) is 9.76. The lowest BCUT2D eigenvalue weighted by molar-refractivity contribution is -0.209. The summed E-state index contributed by atoms with van der Waals surface area (Å²) in [6.45, 7) is 1.88. The molecule has 2 bridgehead atoms. The number of hydrogen-bond donors (Lipinski definition) is 0. The molecule has 2 aliphatic carbocycles. The highest BCUT2D eigenvalue weighted by atomic mass is 16.6. The molecule has 4 aliphatic rings. The predicted octanol–water partition coefficient (Wildman–Crippen LogP) is 1.07. The fourth-order valence-corrected chi connectivity index (χ4v) is 4.17. The lowest BCUT2D eigenvalue weighted by Gasteiger charge is -2.48. The van der Waals surface area contributed by atoms with Crippen LogP contribution in [-0.2, 0) is 14.3 Å². The second kappa shape index (κ2) is 2.74. The van der Waals surface area contributed by atoms with E-state index >= 15 is 0 Å². The first-order valence-electron chi connectivity index (χ1n) is 6.33. The fourth-order valence-electron chi connectivity index (χ4n) is 4.17. The maximum absolute atomic E-state index is 12.1. The molecule has 17 heavy (non-hydrogen) atoms. The molecule has 0 aromatic carbocycles. The zero-order chi connectivity index (χ0) is 11.8. The lowest BCUT2D eigenvalue weighted by Crippen LogP contribution is -2.62. The van der Waals surface area contributed by atoms with Crippen molar-refractivity contribution in [3.63, 3.8) is 0 Å². The molecule has 0 spiro atoms. The third-order valence-electron chi connectivity index (χ3n) is 4.89. The van der Waals surface area contributed by atoms with Crippen LogP contribution in [0.25, 0.3) is 0 Å². The minimum absolute atomic E-state index is 0.0613. The topological polar surface area (TPSA) is 46.6 Å². The van der Waals surface area contributed by atoms with Gasteiger partial charge in [-0.1, -0.05) is 12.2 Å². The summed E-state index contributed by atoms with van der Waals surface area (Å²) in [4.78, 5) is 26.0. The Labute approximate surface area is 99.6 Å². The van der Waals surface area contributed by atoms with Gasteiger partial charge in [-0.2, -0.15) is 0 Å². The molecule has 4 heteroatoms. The van der Waals surface area contributed by atoms with Gasteiger partial charge in [0.15, 0.2) is 5.72 Å². The van der Waals surface area contributed by atoms with Crippen LogP contribution in [0.5, 0.6) is 0 Å². The van der Waals surface area contributed by atoms with Crippen LogP contribution in [0, 0.1) is 17.8 Å². The summed E-state index contributed by atoms with van der Waals surface area (Å²) in [6, 6.07) is 0.0613. The highest BCUT2D eigenvalue weighted by Gasteiger charge is 2.62. The maximum Gasteiger partial charge on any atom is 0.313 e. The van der Waals surface area contributed by atoms with Gasteiger partial charge >= 0.3 is 5.97 Å². The van der Waals surface area contributed by atoms with Gasteiger partial charge in [-0.05, 0) is 25.2 Å². The Balaban J connectivity index is 1.83. The van der Waals surface area contributed by atoms with Crippen molar-refractivity contribution in [3.8, 4) is 0 Å². The Kier molecular flexibility index (Phi) is 1.56. The van der Waals surface area contributed by atoms with Crippen molar-refractivity contribution >= 4 is 11.9 Å². The second-order valence-corrected chi connectivity index (χ2v) is 5.82. The van der Waals surface area contributed by atoms with Crippen molar-refractivity contribution in [2.45, 2.75) is 38.0 Å². The van der Waals surface area contributed by atoms with Crippen LogP contribution < -0.4 is 0 Å². The molecule has 5 atom stereocenters. The molecule has 2 saturated heterocycles. The van der Waals surface area contributed by atoms with Gasteiger partial charge in [0.25, 0.3) is 0 Å². The Bertz CT molecular complexity index is 458. The van der Waals surface area contributed by atoms with E-state index in [-0.39, 0.29) is 29.8 Å². The van der Waals surface area contributed by atoms with E-state index in [1.807, 2.05) is 11.8 Å². The van der Waals surface area contributed by atoms with E-state index in [1.54, 1.807) is 0 Å². The third kappa shape index (κ3) is 0.996. The van der Waals surface area contributed by atoms with E-state index in [1.165, 1.54) is 0 Å². The van der Waals surface area contributed by atoms with Crippen LogP contribution >= 0.6 is 0 Å². The molecule has 1 amide bonds. The summed E-state index contributed by atoms with van der Waals surface area (Å²) in [5.74, 6) is 0.589. The SMILES string of the molecule is C[C@@]12CCC(=O)N1[C@H]1[C@@H](C(=O)O2)[C@H]2C=C[C@@H]1C2. The van der Waals surface area contributed by atoms with Gasteiger partial charge in [-0.15, -0.1) is 0 Å². The first kappa shape index (κ1) is 9.68. The summed E-state index contributed by atoms with van der Waals surface area (Å²) in [5, 5.41) is 0. The van der Waals surface area contributed by atoms with E-state index in [0.29, 0.717) is 18.8 Å². The molecule has 4 rings (SSSR count). The smallest absolute Gasteiger partial charge is 0.313 e. The summed E-state index contributed by atoms with van der Waals surface area (Å²) >= 11 is 0. The van der Waals surface area contributed by atoms with Gasteiger partial charge in [-0.25, -0.2) is 0 Å². The van der Waals surface area contributed by atoms with Crippen LogP contribution in [0.3, 0.4) is 0 Å². The van der Waals surface area contributed by atoms with Crippen LogP contribution in [0.2, 0.25) is 0 Å². The molecule has 90 valence electrons. The van der Waals surface area contributed by atoms with Crippen molar-refractivity contribution in [2.24, 2.45) is 17.8 Å². The van der Waals surface area contributed by atoms with Gasteiger partial charge in [0.05, 0.1) is 12.0 Å². The Morgan fingerprint density at radius 3 is 2.94 bits per heavy atom. The summed E-state index contributed by atoms with van der Waals surface area (Å²) < 4.78 is 5.57. The number of amides is 1. The Morgan fingerprint density at radius 1 is 1.35 bits per heavy atom. The number of esters is 1. The van der Waals surface area contributed by atoms with Gasteiger partial charge in [-0.3, -0.25) is 9.59 Å². The van der Waals surface area contributed by atoms with Gasteiger partial charge in [0, 0.05) is 12.8 Å². The summed E-state index contributed by atoms with van der Waals surface area (Å²) in [5.41, 5.74) is -0.673. The molecular formula is C13H15NO3. The normalized spacial score (nSPS) is 50.5. The molecule has 0 aromatic rings. The van der Waals surface area contributed by atoms with Crippen molar-refractivity contribution in [1.82, 2.24) is 4.90 Å². The van der Waals surface area contributed by atoms with Crippen molar-refractivity contribution in [1.29, 1.82) is 0 Å². The Hall–Kier alpha value is -1.32. The number of nitrogens with zero attached hydrogens (tertiary/aromatic N) is 1. The molecule has 0 aromatic heterocycles. The number of fused-ring (bicyclic) bond motifs is 7. The largest absolute Gasteiger partial charge is 0.439 e. The molecule has 0 unspecified atom stereocenters. The third-order valence-corrected chi connectivity index (χ3v) is 4.89.